The van der Waals surface area contributed by atoms with Crippen molar-refractivity contribution in [3.05, 3.63) is 47.5 Å². The van der Waals surface area contributed by atoms with Gasteiger partial charge in [-0.3, -0.25) is 23.9 Å². The minimum Gasteiger partial charge on any atom is -0.381 e. The fraction of sp³-hybridized carbons (Fsp3) is 0.594. The fourth-order valence-corrected chi connectivity index (χ4v) is 6.12. The molecule has 4 rings (SSSR count). The normalized spacial score (nSPS) is 17.5. The van der Waals surface area contributed by atoms with E-state index in [1.807, 2.05) is 6.92 Å². The number of aryl methyl sites for hydroxylation is 1. The molecule has 0 bridgehead atoms. The summed E-state index contributed by atoms with van der Waals surface area (Å²) < 4.78 is 22.4. The van der Waals surface area contributed by atoms with Gasteiger partial charge in [-0.25, -0.2) is 4.39 Å². The van der Waals surface area contributed by atoms with Crippen LogP contribution in [0, 0.1) is 11.7 Å². The number of hydrogen-bond acceptors (Lipinski definition) is 6. The van der Waals surface area contributed by atoms with E-state index in [1.165, 1.54) is 12.1 Å². The molecule has 2 aliphatic rings. The van der Waals surface area contributed by atoms with Crippen molar-refractivity contribution in [1.29, 1.82) is 0 Å². The third kappa shape index (κ3) is 8.43. The lowest BCUT2D eigenvalue weighted by atomic mass is 9.83. The first-order valence-electron chi connectivity index (χ1n) is 15.8. The summed E-state index contributed by atoms with van der Waals surface area (Å²) in [6.45, 7) is 5.14. The molecule has 3 N–H and O–H groups in total. The molecule has 1 aliphatic heterocycles. The average Bonchev–Trinajstić information content (AvgIpc) is 3.54. The van der Waals surface area contributed by atoms with Gasteiger partial charge in [-0.2, -0.15) is 5.10 Å². The number of nitrogens with zero attached hydrogens (tertiary/aromatic N) is 3. The van der Waals surface area contributed by atoms with Crippen molar-refractivity contribution in [1.82, 2.24) is 25.3 Å². The van der Waals surface area contributed by atoms with E-state index >= 15 is 4.39 Å². The van der Waals surface area contributed by atoms with Gasteiger partial charge in [0, 0.05) is 45.8 Å². The molecule has 2 aromatic rings. The maximum atomic E-state index is 15.4. The summed E-state index contributed by atoms with van der Waals surface area (Å²) in [4.78, 5) is 54.0. The molecule has 4 amide bonds. The zero-order chi connectivity index (χ0) is 31.6. The summed E-state index contributed by atoms with van der Waals surface area (Å²) in [5.74, 6) is -2.10. The Morgan fingerprint density at radius 1 is 1.02 bits per heavy atom. The number of carbonyl (C=O) groups is 4. The Morgan fingerprint density at radius 2 is 1.75 bits per heavy atom. The van der Waals surface area contributed by atoms with Crippen LogP contribution in [0.5, 0.6) is 0 Å². The number of nitrogens with one attached hydrogen (secondary N) is 3. The smallest absolute Gasteiger partial charge is 0.270 e. The Labute approximate surface area is 258 Å². The largest absolute Gasteiger partial charge is 0.381 e. The second kappa shape index (κ2) is 15.8. The first kappa shape index (κ1) is 33.1. The number of rotatable bonds is 12. The van der Waals surface area contributed by atoms with Crippen LogP contribution in [0.1, 0.15) is 81.3 Å². The summed E-state index contributed by atoms with van der Waals surface area (Å²) in [5.41, 5.74) is 0.848. The Kier molecular flexibility index (Phi) is 11.9. The first-order chi connectivity index (χ1) is 21.2. The Balaban J connectivity index is 1.46. The third-order valence-electron chi connectivity index (χ3n) is 8.71. The van der Waals surface area contributed by atoms with Crippen LogP contribution in [0.15, 0.2) is 30.5 Å². The lowest BCUT2D eigenvalue weighted by Crippen LogP contribution is -2.52. The van der Waals surface area contributed by atoms with Gasteiger partial charge in [0.2, 0.25) is 17.7 Å². The van der Waals surface area contributed by atoms with Crippen LogP contribution >= 0.6 is 0 Å². The highest BCUT2D eigenvalue weighted by molar-refractivity contribution is 6.00. The minimum atomic E-state index is -0.844. The summed E-state index contributed by atoms with van der Waals surface area (Å²) >= 11 is 0. The van der Waals surface area contributed by atoms with E-state index in [0.29, 0.717) is 43.7 Å². The molecular weight excluding hydrogens is 567 g/mol. The molecule has 1 saturated carbocycles. The van der Waals surface area contributed by atoms with E-state index < -0.39 is 29.7 Å². The molecule has 2 atom stereocenters. The number of benzene rings is 1. The van der Waals surface area contributed by atoms with Crippen LogP contribution in [0.3, 0.4) is 0 Å². The molecule has 1 aromatic carbocycles. The topological polar surface area (TPSA) is 135 Å². The van der Waals surface area contributed by atoms with Gasteiger partial charge < -0.3 is 25.6 Å². The summed E-state index contributed by atoms with van der Waals surface area (Å²) in [7, 11) is 1.66. The van der Waals surface area contributed by atoms with Crippen LogP contribution in [0.25, 0.3) is 0 Å². The first-order valence-corrected chi connectivity index (χ1v) is 15.8. The van der Waals surface area contributed by atoms with Crippen LogP contribution in [0.2, 0.25) is 0 Å². The van der Waals surface area contributed by atoms with Crippen molar-refractivity contribution in [2.24, 2.45) is 5.92 Å². The lowest BCUT2D eigenvalue weighted by Gasteiger charge is -2.34. The van der Waals surface area contributed by atoms with Crippen LogP contribution < -0.4 is 16.0 Å². The van der Waals surface area contributed by atoms with E-state index in [1.54, 1.807) is 41.9 Å². The number of halogens is 1. The van der Waals surface area contributed by atoms with Gasteiger partial charge in [0.1, 0.15) is 23.6 Å². The molecule has 0 radical (unpaired) electrons. The lowest BCUT2D eigenvalue weighted by molar-refractivity contribution is -0.138. The maximum absolute atomic E-state index is 15.4. The van der Waals surface area contributed by atoms with Crippen molar-refractivity contribution in [2.45, 2.75) is 96.4 Å². The monoisotopic (exact) mass is 612 g/mol. The van der Waals surface area contributed by atoms with Crippen LogP contribution in [0.4, 0.5) is 10.1 Å². The summed E-state index contributed by atoms with van der Waals surface area (Å²) in [5, 5.41) is 12.5. The molecule has 0 spiro atoms. The van der Waals surface area contributed by atoms with Gasteiger partial charge in [-0.15, -0.1) is 0 Å². The van der Waals surface area contributed by atoms with E-state index in [9.17, 15) is 19.2 Å². The molecule has 11 nitrogen and oxygen atoms in total. The van der Waals surface area contributed by atoms with Gasteiger partial charge in [-0.1, -0.05) is 32.3 Å². The zero-order valence-electron chi connectivity index (χ0n) is 25.9. The maximum Gasteiger partial charge on any atom is 0.270 e. The van der Waals surface area contributed by atoms with E-state index in [-0.39, 0.29) is 42.4 Å². The van der Waals surface area contributed by atoms with Gasteiger partial charge in [0.25, 0.3) is 5.91 Å². The molecule has 1 aromatic heterocycles. The second-order valence-corrected chi connectivity index (χ2v) is 11.6. The minimum absolute atomic E-state index is 0.0190. The van der Waals surface area contributed by atoms with E-state index in [2.05, 4.69) is 21.0 Å². The highest BCUT2D eigenvalue weighted by atomic mass is 19.1. The predicted octanol–water partition coefficient (Wildman–Crippen LogP) is 3.43. The second-order valence-electron chi connectivity index (χ2n) is 11.6. The number of amides is 4. The molecule has 2 fully saturated rings. The predicted molar refractivity (Wildman–Crippen MR) is 163 cm³/mol. The van der Waals surface area contributed by atoms with Crippen LogP contribution in [-0.4, -0.2) is 76.7 Å². The van der Waals surface area contributed by atoms with Crippen molar-refractivity contribution in [2.75, 3.05) is 25.5 Å². The fourth-order valence-electron chi connectivity index (χ4n) is 6.12. The quantitative estimate of drug-likeness (QED) is 0.336. The van der Waals surface area contributed by atoms with Gasteiger partial charge >= 0.3 is 0 Å². The summed E-state index contributed by atoms with van der Waals surface area (Å²) in [6.07, 6.45) is 7.95. The molecule has 12 heteroatoms. The number of aromatic nitrogens is 2. The molecular formula is C32H45FN6O5. The highest BCUT2D eigenvalue weighted by Crippen LogP contribution is 2.28. The molecule has 0 unspecified atom stereocenters. The average molecular weight is 613 g/mol. The molecule has 240 valence electrons. The number of likely N-dealkylation sites (tertiary alicyclic amines) is 1. The standard InChI is InChI=1S/C32H45FN6O5/c1-4-28(40)35-26(32(43)38-17-14-23(44-3)15-18-38)20-21-11-12-25(24(33)19-21)36-31(42)29(22-9-7-6-8-10-22)37-30(41)27-13-16-34-39(27)5-2/h11-13,16,19,22-23,26,29H,4-10,14-15,17-18,20H2,1-3H3,(H,35,40)(H,36,42)(H,37,41)/t26-,29+/m1/s1. The number of methoxy groups -OCH3 is 1. The molecule has 2 heterocycles. The molecule has 1 aliphatic carbocycles. The van der Waals surface area contributed by atoms with E-state index in [0.717, 1.165) is 32.1 Å². The van der Waals surface area contributed by atoms with E-state index in [4.69, 9.17) is 4.74 Å². The third-order valence-corrected chi connectivity index (χ3v) is 8.71. The number of ether oxygens (including phenoxy) is 1. The zero-order valence-corrected chi connectivity index (χ0v) is 25.9. The number of anilines is 1. The Morgan fingerprint density at radius 3 is 2.39 bits per heavy atom. The number of hydrogen-bond donors (Lipinski definition) is 3. The number of carbonyl (C=O) groups excluding carboxylic acids is 4. The van der Waals surface area contributed by atoms with Gasteiger partial charge in [0.05, 0.1) is 11.8 Å². The van der Waals surface area contributed by atoms with Crippen molar-refractivity contribution >= 4 is 29.3 Å². The van der Waals surface area contributed by atoms with Gasteiger partial charge in [0.15, 0.2) is 0 Å². The molecule has 1 saturated heterocycles. The highest BCUT2D eigenvalue weighted by Gasteiger charge is 2.33. The summed E-state index contributed by atoms with van der Waals surface area (Å²) in [6, 6.07) is 4.30. The van der Waals surface area contributed by atoms with Crippen molar-refractivity contribution < 1.29 is 28.3 Å². The Bertz CT molecular complexity index is 1300. The molecule has 44 heavy (non-hydrogen) atoms. The van der Waals surface area contributed by atoms with Crippen LogP contribution in [-0.2, 0) is 32.1 Å². The van der Waals surface area contributed by atoms with Crippen molar-refractivity contribution in [3.63, 3.8) is 0 Å². The van der Waals surface area contributed by atoms with Gasteiger partial charge in [-0.05, 0) is 62.3 Å². The van der Waals surface area contributed by atoms with Crippen molar-refractivity contribution in [3.8, 4) is 0 Å². The SMILES string of the molecule is CCC(=O)N[C@H](Cc1ccc(NC(=O)[C@@H](NC(=O)c2ccnn2CC)C2CCCCC2)c(F)c1)C(=O)N1CCC(OC)CC1. The number of piperidine rings is 1. The Hall–Kier alpha value is -3.80.